The third-order valence-corrected chi connectivity index (χ3v) is 5.98. The maximum atomic E-state index is 13.4. The number of carbonyl (C=O) groups is 1. The van der Waals surface area contributed by atoms with E-state index in [0.717, 1.165) is 40.5 Å². The van der Waals surface area contributed by atoms with Crippen molar-refractivity contribution in [3.63, 3.8) is 0 Å². The van der Waals surface area contributed by atoms with Crippen molar-refractivity contribution < 1.29 is 9.53 Å². The normalized spacial score (nSPS) is 10.8. The highest BCUT2D eigenvalue weighted by Gasteiger charge is 2.22. The fourth-order valence-electron chi connectivity index (χ4n) is 3.17. The average Bonchev–Trinajstić information content (AvgIpc) is 3.16. The number of likely N-dealkylation sites (N-methyl/N-ethyl adjacent to an activating group) is 1. The van der Waals surface area contributed by atoms with Gasteiger partial charge < -0.3 is 9.64 Å². The topological polar surface area (TPSA) is 45.7 Å². The fraction of sp³-hybridized carbons (Fsp3) is 0.364. The van der Waals surface area contributed by atoms with Gasteiger partial charge in [-0.15, -0.1) is 12.4 Å². The maximum absolute atomic E-state index is 13.4. The van der Waals surface area contributed by atoms with Gasteiger partial charge in [0.2, 0.25) is 0 Å². The predicted octanol–water partition coefficient (Wildman–Crippen LogP) is 5.02. The first-order chi connectivity index (χ1) is 13.6. The van der Waals surface area contributed by atoms with E-state index in [-0.39, 0.29) is 18.3 Å². The van der Waals surface area contributed by atoms with E-state index in [4.69, 9.17) is 9.72 Å². The van der Waals surface area contributed by atoms with Crippen molar-refractivity contribution in [1.29, 1.82) is 0 Å². The largest absolute Gasteiger partial charge is 0.497 e. The molecule has 0 bridgehead atoms. The summed E-state index contributed by atoms with van der Waals surface area (Å²) >= 11 is 1.56. The van der Waals surface area contributed by atoms with E-state index in [0.29, 0.717) is 17.9 Å². The van der Waals surface area contributed by atoms with Crippen molar-refractivity contribution in [1.82, 2.24) is 9.88 Å². The molecule has 0 aliphatic rings. The van der Waals surface area contributed by atoms with Crippen molar-refractivity contribution >= 4 is 45.0 Å². The Bertz CT molecular complexity index is 956. The molecule has 3 rings (SSSR count). The molecule has 0 atom stereocenters. The van der Waals surface area contributed by atoms with Crippen molar-refractivity contribution in [2.45, 2.75) is 20.8 Å². The second-order valence-electron chi connectivity index (χ2n) is 6.63. The molecule has 3 aromatic rings. The molecule has 0 aliphatic heterocycles. The van der Waals surface area contributed by atoms with Crippen molar-refractivity contribution in [3.05, 3.63) is 53.6 Å². The second-order valence-corrected chi connectivity index (χ2v) is 7.64. The summed E-state index contributed by atoms with van der Waals surface area (Å²) < 4.78 is 6.39. The Hall–Kier alpha value is -2.15. The van der Waals surface area contributed by atoms with E-state index >= 15 is 0 Å². The molecule has 0 saturated carbocycles. The lowest BCUT2D eigenvalue weighted by atomic mass is 10.2. The number of carbonyl (C=O) groups excluding carboxylic acids is 1. The summed E-state index contributed by atoms with van der Waals surface area (Å²) in [6, 6.07) is 13.4. The lowest BCUT2D eigenvalue weighted by Gasteiger charge is -2.24. The van der Waals surface area contributed by atoms with Crippen LogP contribution < -0.4 is 9.64 Å². The molecule has 1 amide bonds. The van der Waals surface area contributed by atoms with E-state index in [1.165, 1.54) is 0 Å². The van der Waals surface area contributed by atoms with Gasteiger partial charge in [-0.2, -0.15) is 0 Å². The molecule has 0 radical (unpaired) electrons. The predicted molar refractivity (Wildman–Crippen MR) is 124 cm³/mol. The molecule has 0 fully saturated rings. The number of aromatic nitrogens is 1. The number of benzene rings is 2. The molecular weight excluding hydrogens is 406 g/mol. The van der Waals surface area contributed by atoms with E-state index in [1.54, 1.807) is 29.4 Å². The average molecular weight is 434 g/mol. The summed E-state index contributed by atoms with van der Waals surface area (Å²) in [7, 11) is 1.61. The first-order valence-electron chi connectivity index (χ1n) is 9.61. The minimum absolute atomic E-state index is 0. The fourth-order valence-corrected chi connectivity index (χ4v) is 4.24. The Morgan fingerprint density at radius 2 is 1.83 bits per heavy atom. The van der Waals surface area contributed by atoms with Gasteiger partial charge in [0.05, 0.1) is 17.3 Å². The molecular formula is C22H28ClN3O2S. The van der Waals surface area contributed by atoms with Crippen LogP contribution in [0.4, 0.5) is 5.13 Å². The Labute approximate surface area is 182 Å². The highest BCUT2D eigenvalue weighted by molar-refractivity contribution is 7.22. The molecule has 0 aliphatic carbocycles. The minimum Gasteiger partial charge on any atom is -0.497 e. The summed E-state index contributed by atoms with van der Waals surface area (Å²) in [5.41, 5.74) is 2.70. The van der Waals surface area contributed by atoms with Gasteiger partial charge >= 0.3 is 0 Å². The number of para-hydroxylation sites is 1. The Kier molecular flexibility index (Phi) is 8.44. The van der Waals surface area contributed by atoms with E-state index in [1.807, 2.05) is 24.3 Å². The summed E-state index contributed by atoms with van der Waals surface area (Å²) in [5, 5.41) is 0.740. The number of methoxy groups -OCH3 is 1. The Balaban J connectivity index is 0.00000300. The van der Waals surface area contributed by atoms with Crippen LogP contribution in [0.5, 0.6) is 5.75 Å². The van der Waals surface area contributed by atoms with Gasteiger partial charge in [0, 0.05) is 18.7 Å². The molecule has 0 saturated heterocycles. The summed E-state index contributed by atoms with van der Waals surface area (Å²) in [5.74, 6) is 0.623. The summed E-state index contributed by atoms with van der Waals surface area (Å²) in [4.78, 5) is 22.3. The zero-order valence-corrected chi connectivity index (χ0v) is 19.0. The van der Waals surface area contributed by atoms with E-state index in [2.05, 4.69) is 37.8 Å². The number of ether oxygens (including phenoxy) is 1. The maximum Gasteiger partial charge on any atom is 0.260 e. The van der Waals surface area contributed by atoms with Gasteiger partial charge in [0.25, 0.3) is 5.91 Å². The van der Waals surface area contributed by atoms with Crippen molar-refractivity contribution in [3.8, 4) is 5.75 Å². The molecule has 7 heteroatoms. The van der Waals surface area contributed by atoms with Gasteiger partial charge in [-0.25, -0.2) is 4.98 Å². The van der Waals surface area contributed by atoms with Gasteiger partial charge in [0.15, 0.2) is 5.13 Å². The van der Waals surface area contributed by atoms with Crippen LogP contribution in [-0.2, 0) is 0 Å². The number of aryl methyl sites for hydroxylation is 1. The molecule has 29 heavy (non-hydrogen) atoms. The van der Waals surface area contributed by atoms with Crippen LogP contribution in [0.25, 0.3) is 10.2 Å². The van der Waals surface area contributed by atoms with Gasteiger partial charge in [-0.05, 0) is 49.8 Å². The van der Waals surface area contributed by atoms with Crippen LogP contribution >= 0.6 is 23.7 Å². The number of halogens is 1. The number of rotatable bonds is 8. The van der Waals surface area contributed by atoms with Crippen LogP contribution in [0.1, 0.15) is 29.8 Å². The van der Waals surface area contributed by atoms with Crippen LogP contribution in [0.15, 0.2) is 42.5 Å². The Morgan fingerprint density at radius 3 is 2.48 bits per heavy atom. The number of fused-ring (bicyclic) bond motifs is 1. The molecule has 5 nitrogen and oxygen atoms in total. The Morgan fingerprint density at radius 1 is 1.10 bits per heavy atom. The highest BCUT2D eigenvalue weighted by Crippen LogP contribution is 2.31. The molecule has 2 aromatic carbocycles. The van der Waals surface area contributed by atoms with Crippen LogP contribution in [0.3, 0.4) is 0 Å². The van der Waals surface area contributed by atoms with E-state index < -0.39 is 0 Å². The highest BCUT2D eigenvalue weighted by atomic mass is 35.5. The number of hydrogen-bond donors (Lipinski definition) is 0. The van der Waals surface area contributed by atoms with Crippen LogP contribution in [-0.4, -0.2) is 49.1 Å². The zero-order valence-electron chi connectivity index (χ0n) is 17.3. The van der Waals surface area contributed by atoms with Gasteiger partial charge in [0.1, 0.15) is 5.75 Å². The molecule has 0 N–H and O–H groups in total. The van der Waals surface area contributed by atoms with Crippen molar-refractivity contribution in [2.75, 3.05) is 38.2 Å². The number of nitrogens with zero attached hydrogens (tertiary/aromatic N) is 3. The smallest absolute Gasteiger partial charge is 0.260 e. The second kappa shape index (κ2) is 10.6. The molecule has 0 unspecified atom stereocenters. The minimum atomic E-state index is -0.0530. The van der Waals surface area contributed by atoms with Crippen LogP contribution in [0, 0.1) is 6.92 Å². The third-order valence-electron chi connectivity index (χ3n) is 4.94. The number of anilines is 1. The van der Waals surface area contributed by atoms with Gasteiger partial charge in [-0.1, -0.05) is 43.4 Å². The quantitative estimate of drug-likeness (QED) is 0.500. The lowest BCUT2D eigenvalue weighted by molar-refractivity contribution is 0.0983. The molecule has 156 valence electrons. The summed E-state index contributed by atoms with van der Waals surface area (Å²) in [6.45, 7) is 9.63. The lowest BCUT2D eigenvalue weighted by Crippen LogP contribution is -2.38. The first kappa shape index (κ1) is 23.1. The third kappa shape index (κ3) is 5.26. The van der Waals surface area contributed by atoms with Crippen molar-refractivity contribution in [2.24, 2.45) is 0 Å². The number of thiazole rings is 1. The van der Waals surface area contributed by atoms with E-state index in [9.17, 15) is 4.79 Å². The first-order valence-corrected chi connectivity index (χ1v) is 10.4. The number of amides is 1. The van der Waals surface area contributed by atoms with Crippen LogP contribution in [0.2, 0.25) is 0 Å². The molecule has 0 spiro atoms. The molecule has 1 heterocycles. The molecule has 1 aromatic heterocycles. The SMILES string of the molecule is CCN(CC)CCN(C(=O)c1cccc(OC)c1)c1nc2c(C)cccc2s1.Cl. The number of hydrogen-bond acceptors (Lipinski definition) is 5. The zero-order chi connectivity index (χ0) is 20.1. The monoisotopic (exact) mass is 433 g/mol. The summed E-state index contributed by atoms with van der Waals surface area (Å²) in [6.07, 6.45) is 0. The van der Waals surface area contributed by atoms with Gasteiger partial charge in [-0.3, -0.25) is 9.69 Å². The standard InChI is InChI=1S/C22H27N3O2S.ClH/c1-5-24(6-2)13-14-25(21(26)17-10-8-11-18(15-17)27-4)22-23-20-16(3)9-7-12-19(20)28-22;/h7-12,15H,5-6,13-14H2,1-4H3;1H.